The molecule has 3 aliphatic heterocycles. The minimum absolute atomic E-state index is 0.0309. The van der Waals surface area contributed by atoms with Crippen LogP contribution in [0.25, 0.3) is 22.1 Å². The monoisotopic (exact) mass is 623 g/mol. The number of ether oxygens (including phenoxy) is 3. The van der Waals surface area contributed by atoms with Crippen molar-refractivity contribution in [1.82, 2.24) is 15.0 Å². The minimum atomic E-state index is -4.89. The zero-order valence-corrected chi connectivity index (χ0v) is 24.1. The van der Waals surface area contributed by atoms with Gasteiger partial charge in [-0.1, -0.05) is 18.9 Å². The molecule has 45 heavy (non-hydrogen) atoms. The van der Waals surface area contributed by atoms with Gasteiger partial charge in [0.25, 0.3) is 0 Å². The number of rotatable bonds is 6. The number of terminal acetylenes is 1. The molecular weight excluding hydrogens is 595 g/mol. The highest BCUT2D eigenvalue weighted by Gasteiger charge is 2.46. The van der Waals surface area contributed by atoms with Crippen LogP contribution in [0.15, 0.2) is 34.9 Å². The first-order valence-electron chi connectivity index (χ1n) is 14.5. The highest BCUT2D eigenvalue weighted by Crippen LogP contribution is 2.41. The summed E-state index contributed by atoms with van der Waals surface area (Å²) in [6, 6.07) is 5.68. The second-order valence-electron chi connectivity index (χ2n) is 11.5. The molecule has 6 heterocycles. The van der Waals surface area contributed by atoms with Crippen molar-refractivity contribution in [3.05, 3.63) is 47.4 Å². The average Bonchev–Trinajstić information content (AvgIpc) is 3.61. The summed E-state index contributed by atoms with van der Waals surface area (Å²) in [7, 11) is 0. The number of nitrogens with zero attached hydrogens (tertiary/aromatic N) is 5. The number of halogens is 3. The van der Waals surface area contributed by atoms with Crippen LogP contribution in [0.4, 0.5) is 24.7 Å². The number of benzene rings is 1. The smallest absolute Gasteiger partial charge is 0.451 e. The molecule has 4 aromatic rings. The van der Waals surface area contributed by atoms with Crippen LogP contribution >= 0.6 is 0 Å². The first kappa shape index (κ1) is 29.1. The molecule has 1 spiro atoms. The predicted molar refractivity (Wildman–Crippen MR) is 155 cm³/mol. The third-order valence-corrected chi connectivity index (χ3v) is 8.44. The van der Waals surface area contributed by atoms with E-state index in [1.807, 2.05) is 11.8 Å². The highest BCUT2D eigenvalue weighted by molar-refractivity contribution is 6.06. The zero-order valence-electron chi connectivity index (χ0n) is 24.1. The number of carboxylic acid groups (broad SMARTS) is 1. The summed E-state index contributed by atoms with van der Waals surface area (Å²) in [5.41, 5.74) is 1.86. The Balaban J connectivity index is 1.26. The van der Waals surface area contributed by atoms with E-state index in [0.29, 0.717) is 61.6 Å². The van der Waals surface area contributed by atoms with Gasteiger partial charge in [-0.2, -0.15) is 13.2 Å². The van der Waals surface area contributed by atoms with Crippen molar-refractivity contribution in [2.24, 2.45) is 0 Å². The number of morpholine rings is 1. The molecule has 234 valence electrons. The summed E-state index contributed by atoms with van der Waals surface area (Å²) in [5, 5.41) is 10.6. The van der Waals surface area contributed by atoms with E-state index in [-0.39, 0.29) is 35.8 Å². The van der Waals surface area contributed by atoms with Crippen molar-refractivity contribution in [3.8, 4) is 18.2 Å². The molecular formula is C31H28F3N5O6. The molecule has 0 radical (unpaired) electrons. The van der Waals surface area contributed by atoms with E-state index in [1.165, 1.54) is 11.1 Å². The summed E-state index contributed by atoms with van der Waals surface area (Å²) < 4.78 is 65.8. The van der Waals surface area contributed by atoms with Crippen LogP contribution in [-0.2, 0) is 26.9 Å². The maximum Gasteiger partial charge on any atom is 0.451 e. The van der Waals surface area contributed by atoms with Gasteiger partial charge in [-0.25, -0.2) is 19.7 Å². The van der Waals surface area contributed by atoms with Gasteiger partial charge in [-0.3, -0.25) is 0 Å². The topological polar surface area (TPSA) is 123 Å². The number of pyridine rings is 1. The van der Waals surface area contributed by atoms with Gasteiger partial charge in [-0.15, -0.1) is 6.42 Å². The van der Waals surface area contributed by atoms with Crippen molar-refractivity contribution in [2.75, 3.05) is 49.3 Å². The molecule has 0 saturated carbocycles. The molecule has 0 amide bonds. The molecule has 1 aromatic carbocycles. The Kier molecular flexibility index (Phi) is 6.97. The van der Waals surface area contributed by atoms with Crippen LogP contribution in [0.2, 0.25) is 0 Å². The van der Waals surface area contributed by atoms with Gasteiger partial charge in [-0.05, 0) is 30.2 Å². The molecule has 14 heteroatoms. The van der Waals surface area contributed by atoms with E-state index in [1.54, 1.807) is 24.3 Å². The Morgan fingerprint density at radius 2 is 2.09 bits per heavy atom. The molecule has 0 bridgehead atoms. The van der Waals surface area contributed by atoms with Gasteiger partial charge < -0.3 is 33.5 Å². The van der Waals surface area contributed by atoms with Crippen molar-refractivity contribution in [1.29, 1.82) is 0 Å². The summed E-state index contributed by atoms with van der Waals surface area (Å²) in [6.45, 7) is 4.24. The summed E-state index contributed by atoms with van der Waals surface area (Å²) in [5.74, 6) is -0.109. The Morgan fingerprint density at radius 3 is 2.78 bits per heavy atom. The van der Waals surface area contributed by atoms with Crippen molar-refractivity contribution >= 4 is 39.5 Å². The molecule has 1 N–H and O–H groups in total. The minimum Gasteiger partial charge on any atom is -0.480 e. The van der Waals surface area contributed by atoms with Crippen LogP contribution in [0, 0.1) is 12.3 Å². The van der Waals surface area contributed by atoms with Gasteiger partial charge in [0.1, 0.15) is 34.5 Å². The largest absolute Gasteiger partial charge is 0.480 e. The molecule has 0 aliphatic carbocycles. The first-order valence-corrected chi connectivity index (χ1v) is 14.5. The number of carbonyl (C=O) groups is 1. The zero-order chi connectivity index (χ0) is 31.5. The van der Waals surface area contributed by atoms with Crippen LogP contribution in [0.3, 0.4) is 0 Å². The number of aromatic nitrogens is 3. The first-order chi connectivity index (χ1) is 21.6. The Labute approximate surface area is 254 Å². The maximum atomic E-state index is 14.0. The molecule has 3 aromatic heterocycles. The molecule has 7 rings (SSSR count). The van der Waals surface area contributed by atoms with Gasteiger partial charge in [0.05, 0.1) is 32.9 Å². The standard InChI is InChI=1S/C31H28F3N5O6/c1-3-17-5-6-20-23(10-17)45-25-24(20)36-29(31(32,33)34)37-26(25)39-13-19(11-22(39)28(40)41)44-27-21(9-18(4-2)12-35-27)38-7-8-43-30(14-38)15-42-16-30/h2,5-6,9-10,12,19,22H,3,7-8,11,13-16H2,1H3,(H,40,41)/t19-,22-/m0/s1. The van der Waals surface area contributed by atoms with E-state index in [0.717, 1.165) is 5.56 Å². The number of anilines is 2. The lowest BCUT2D eigenvalue weighted by Crippen LogP contribution is -2.63. The van der Waals surface area contributed by atoms with E-state index in [2.05, 4.69) is 20.9 Å². The molecule has 11 nitrogen and oxygen atoms in total. The maximum absolute atomic E-state index is 14.0. The Morgan fingerprint density at radius 1 is 1.27 bits per heavy atom. The van der Waals surface area contributed by atoms with Gasteiger partial charge in [0.2, 0.25) is 11.7 Å². The number of furan rings is 1. The second-order valence-corrected chi connectivity index (χ2v) is 11.5. The van der Waals surface area contributed by atoms with Crippen LogP contribution in [0.1, 0.15) is 30.3 Å². The lowest BCUT2D eigenvalue weighted by molar-refractivity contribution is -0.211. The van der Waals surface area contributed by atoms with Crippen LogP contribution in [0.5, 0.6) is 5.88 Å². The number of aliphatic carboxylic acids is 1. The summed E-state index contributed by atoms with van der Waals surface area (Å²) in [6.07, 6.45) is 2.10. The number of aryl methyl sites for hydroxylation is 1. The third kappa shape index (κ3) is 5.15. The van der Waals surface area contributed by atoms with Gasteiger partial charge in [0.15, 0.2) is 11.4 Å². The second kappa shape index (κ2) is 10.8. The van der Waals surface area contributed by atoms with Crippen molar-refractivity contribution < 1.29 is 41.7 Å². The van der Waals surface area contributed by atoms with Crippen molar-refractivity contribution in [3.63, 3.8) is 0 Å². The van der Waals surface area contributed by atoms with Crippen molar-refractivity contribution in [2.45, 2.75) is 43.7 Å². The Hall–Kier alpha value is -4.61. The molecule has 3 saturated heterocycles. The van der Waals surface area contributed by atoms with Crippen LogP contribution < -0.4 is 14.5 Å². The highest BCUT2D eigenvalue weighted by atomic mass is 19.4. The Bertz CT molecular complexity index is 1850. The third-order valence-electron chi connectivity index (χ3n) is 8.44. The fraction of sp³-hybridized carbons (Fsp3) is 0.419. The number of alkyl halides is 3. The normalized spacial score (nSPS) is 21.3. The quantitative estimate of drug-likeness (QED) is 0.313. The average molecular weight is 624 g/mol. The number of fused-ring (bicyclic) bond motifs is 3. The SMILES string of the molecule is C#Cc1cnc(O[C@H]2C[C@@H](C(=O)O)N(c3nc(C(F)(F)F)nc4c3oc3cc(CC)ccc34)C2)c(N2CCOC3(COC3)C2)c1. The molecule has 3 aliphatic rings. The molecule has 3 fully saturated rings. The van der Waals surface area contributed by atoms with E-state index >= 15 is 0 Å². The number of hydrogen-bond donors (Lipinski definition) is 1. The lowest BCUT2D eigenvalue weighted by atomic mass is 9.99. The number of hydrogen-bond acceptors (Lipinski definition) is 10. The number of carboxylic acids is 1. The molecule has 2 atom stereocenters. The summed E-state index contributed by atoms with van der Waals surface area (Å²) >= 11 is 0. The van der Waals surface area contributed by atoms with E-state index in [4.69, 9.17) is 25.1 Å². The summed E-state index contributed by atoms with van der Waals surface area (Å²) in [4.78, 5) is 27.9. The predicted octanol–water partition coefficient (Wildman–Crippen LogP) is 4.05. The fourth-order valence-electron chi connectivity index (χ4n) is 6.11. The van der Waals surface area contributed by atoms with Crippen LogP contribution in [-0.4, -0.2) is 83.2 Å². The fourth-order valence-corrected chi connectivity index (χ4v) is 6.11. The van der Waals surface area contributed by atoms with E-state index < -0.39 is 35.7 Å². The van der Waals surface area contributed by atoms with Gasteiger partial charge in [0, 0.05) is 30.1 Å². The van der Waals surface area contributed by atoms with E-state index in [9.17, 15) is 23.1 Å². The lowest BCUT2D eigenvalue weighted by Gasteiger charge is -2.48. The molecule has 0 unspecified atom stereocenters. The van der Waals surface area contributed by atoms with Gasteiger partial charge >= 0.3 is 12.1 Å².